The van der Waals surface area contributed by atoms with Gasteiger partial charge in [-0.15, -0.1) is 0 Å². The highest BCUT2D eigenvalue weighted by molar-refractivity contribution is 6.25. The number of fused-ring (bicyclic) bond motifs is 6. The predicted octanol–water partition coefficient (Wildman–Crippen LogP) is 9.46. The molecule has 0 heterocycles. The Bertz CT molecular complexity index is 1880. The molecule has 0 amide bonds. The monoisotopic (exact) mass is 528 g/mol. The van der Waals surface area contributed by atoms with Crippen LogP contribution in [0.15, 0.2) is 126 Å². The quantitative estimate of drug-likeness (QED) is 0.162. The van der Waals surface area contributed by atoms with Crippen molar-refractivity contribution in [2.24, 2.45) is 4.99 Å². The summed E-state index contributed by atoms with van der Waals surface area (Å²) in [5.41, 5.74) is 1.66. The standard InChI is InChI=1S/C35H23F3N2/c36-35(37,38)26-17-14-24(15-18-26)34(22-39)40-33(20-23-8-2-1-3-9-23)25-16-19-31-29-12-5-4-10-27(29)28-11-6-7-13-30(28)32(31)21-25/h1-19,21,33H,20H2/b40-34+/t33-/m1/s1. The summed E-state index contributed by atoms with van der Waals surface area (Å²) in [5, 5.41) is 16.9. The Hall–Kier alpha value is -4.95. The highest BCUT2D eigenvalue weighted by Crippen LogP contribution is 2.37. The fourth-order valence-corrected chi connectivity index (χ4v) is 5.35. The molecule has 0 aliphatic carbocycles. The fourth-order valence-electron chi connectivity index (χ4n) is 5.35. The molecule has 0 saturated carbocycles. The molecular weight excluding hydrogens is 505 g/mol. The first-order valence-corrected chi connectivity index (χ1v) is 12.9. The molecule has 0 unspecified atom stereocenters. The van der Waals surface area contributed by atoms with Crippen molar-refractivity contribution >= 4 is 38.0 Å². The molecule has 1 atom stereocenters. The number of rotatable bonds is 5. The van der Waals surface area contributed by atoms with E-state index >= 15 is 0 Å². The summed E-state index contributed by atoms with van der Waals surface area (Å²) in [7, 11) is 0. The van der Waals surface area contributed by atoms with E-state index in [-0.39, 0.29) is 5.71 Å². The van der Waals surface area contributed by atoms with Crippen LogP contribution in [0.3, 0.4) is 0 Å². The minimum absolute atomic E-state index is 0.0955. The zero-order chi connectivity index (χ0) is 27.7. The molecule has 6 aromatic carbocycles. The summed E-state index contributed by atoms with van der Waals surface area (Å²) >= 11 is 0. The number of nitriles is 1. The van der Waals surface area contributed by atoms with Crippen molar-refractivity contribution in [1.29, 1.82) is 5.26 Å². The SMILES string of the molecule is N#C/C(=N\[C@H](Cc1ccccc1)c1ccc2c3ccccc3c3ccccc3c2c1)c1ccc(C(F)(F)F)cc1. The van der Waals surface area contributed by atoms with Crippen LogP contribution in [0, 0.1) is 11.3 Å². The first-order valence-electron chi connectivity index (χ1n) is 12.9. The Morgan fingerprint density at radius 3 is 1.73 bits per heavy atom. The summed E-state index contributed by atoms with van der Waals surface area (Å²) in [6, 6.07) is 39.1. The fraction of sp³-hybridized carbons (Fsp3) is 0.0857. The minimum atomic E-state index is -4.45. The summed E-state index contributed by atoms with van der Waals surface area (Å²) in [6.07, 6.45) is -3.92. The van der Waals surface area contributed by atoms with Crippen LogP contribution in [0.4, 0.5) is 13.2 Å². The minimum Gasteiger partial charge on any atom is -0.265 e. The molecule has 6 rings (SSSR count). The van der Waals surface area contributed by atoms with Crippen LogP contribution in [0.5, 0.6) is 0 Å². The third kappa shape index (κ3) is 4.81. The van der Waals surface area contributed by atoms with Gasteiger partial charge >= 0.3 is 6.18 Å². The van der Waals surface area contributed by atoms with Crippen molar-refractivity contribution < 1.29 is 13.2 Å². The molecule has 0 fully saturated rings. The molecule has 0 spiro atoms. The van der Waals surface area contributed by atoms with E-state index in [0.29, 0.717) is 12.0 Å². The van der Waals surface area contributed by atoms with Gasteiger partial charge in [-0.05, 0) is 68.1 Å². The van der Waals surface area contributed by atoms with Gasteiger partial charge in [0.2, 0.25) is 0 Å². The Labute approximate surface area is 229 Å². The Morgan fingerprint density at radius 1 is 0.650 bits per heavy atom. The Kier molecular flexibility index (Phi) is 6.53. The van der Waals surface area contributed by atoms with Gasteiger partial charge in [-0.1, -0.05) is 103 Å². The second-order valence-corrected chi connectivity index (χ2v) is 9.77. The number of hydrogen-bond donors (Lipinski definition) is 0. The highest BCUT2D eigenvalue weighted by atomic mass is 19.4. The molecule has 5 heteroatoms. The predicted molar refractivity (Wildman–Crippen MR) is 155 cm³/mol. The number of aliphatic imine (C=N–C) groups is 1. The van der Waals surface area contributed by atoms with E-state index < -0.39 is 17.8 Å². The van der Waals surface area contributed by atoms with Gasteiger partial charge in [-0.2, -0.15) is 18.4 Å². The van der Waals surface area contributed by atoms with Crippen LogP contribution in [0.25, 0.3) is 32.3 Å². The van der Waals surface area contributed by atoms with Crippen molar-refractivity contribution in [3.8, 4) is 6.07 Å². The topological polar surface area (TPSA) is 36.1 Å². The van der Waals surface area contributed by atoms with E-state index in [9.17, 15) is 18.4 Å². The molecule has 0 saturated heterocycles. The van der Waals surface area contributed by atoms with Gasteiger partial charge in [-0.3, -0.25) is 4.99 Å². The average molecular weight is 529 g/mol. The molecule has 0 N–H and O–H groups in total. The maximum absolute atomic E-state index is 13.1. The molecule has 194 valence electrons. The highest BCUT2D eigenvalue weighted by Gasteiger charge is 2.30. The number of benzene rings is 6. The van der Waals surface area contributed by atoms with Crippen LogP contribution < -0.4 is 0 Å². The smallest absolute Gasteiger partial charge is 0.265 e. The van der Waals surface area contributed by atoms with E-state index in [4.69, 9.17) is 4.99 Å². The first kappa shape index (κ1) is 25.3. The van der Waals surface area contributed by atoms with E-state index in [0.717, 1.165) is 50.2 Å². The van der Waals surface area contributed by atoms with Crippen LogP contribution in [-0.2, 0) is 12.6 Å². The maximum Gasteiger partial charge on any atom is 0.416 e. The zero-order valence-electron chi connectivity index (χ0n) is 21.4. The second-order valence-electron chi connectivity index (χ2n) is 9.77. The molecule has 40 heavy (non-hydrogen) atoms. The third-order valence-corrected chi connectivity index (χ3v) is 7.30. The van der Waals surface area contributed by atoms with Gasteiger partial charge in [-0.25, -0.2) is 0 Å². The Morgan fingerprint density at radius 2 is 1.18 bits per heavy atom. The lowest BCUT2D eigenvalue weighted by Crippen LogP contribution is -2.08. The molecule has 0 aromatic heterocycles. The van der Waals surface area contributed by atoms with Gasteiger partial charge in [0.05, 0.1) is 11.6 Å². The van der Waals surface area contributed by atoms with Crippen LogP contribution in [0.1, 0.15) is 28.3 Å². The maximum atomic E-state index is 13.1. The van der Waals surface area contributed by atoms with Crippen LogP contribution in [0.2, 0.25) is 0 Å². The van der Waals surface area contributed by atoms with Crippen molar-refractivity contribution in [3.63, 3.8) is 0 Å². The van der Waals surface area contributed by atoms with Crippen molar-refractivity contribution in [3.05, 3.63) is 144 Å². The van der Waals surface area contributed by atoms with Gasteiger partial charge in [0.1, 0.15) is 11.8 Å². The lowest BCUT2D eigenvalue weighted by atomic mass is 9.91. The number of halogens is 3. The normalized spacial score (nSPS) is 13.0. The number of alkyl halides is 3. The van der Waals surface area contributed by atoms with E-state index in [1.165, 1.54) is 17.5 Å². The van der Waals surface area contributed by atoms with Gasteiger partial charge in [0.15, 0.2) is 0 Å². The Balaban J connectivity index is 1.52. The van der Waals surface area contributed by atoms with E-state index in [1.807, 2.05) is 60.7 Å². The van der Waals surface area contributed by atoms with E-state index in [1.54, 1.807) is 0 Å². The summed E-state index contributed by atoms with van der Waals surface area (Å²) in [4.78, 5) is 4.85. The summed E-state index contributed by atoms with van der Waals surface area (Å²) in [5.74, 6) is 0. The lowest BCUT2D eigenvalue weighted by Gasteiger charge is -2.17. The van der Waals surface area contributed by atoms with Gasteiger partial charge in [0, 0.05) is 5.56 Å². The lowest BCUT2D eigenvalue weighted by molar-refractivity contribution is -0.137. The van der Waals surface area contributed by atoms with Crippen molar-refractivity contribution in [2.45, 2.75) is 18.6 Å². The summed E-state index contributed by atoms with van der Waals surface area (Å²) in [6.45, 7) is 0. The molecule has 0 radical (unpaired) electrons. The number of nitrogens with zero attached hydrogens (tertiary/aromatic N) is 2. The van der Waals surface area contributed by atoms with Gasteiger partial charge in [0.25, 0.3) is 0 Å². The zero-order valence-corrected chi connectivity index (χ0v) is 21.4. The van der Waals surface area contributed by atoms with Crippen molar-refractivity contribution in [1.82, 2.24) is 0 Å². The van der Waals surface area contributed by atoms with Crippen LogP contribution in [-0.4, -0.2) is 5.71 Å². The molecular formula is C35H23F3N2. The molecule has 0 bridgehead atoms. The van der Waals surface area contributed by atoms with Crippen molar-refractivity contribution in [2.75, 3.05) is 0 Å². The third-order valence-electron chi connectivity index (χ3n) is 7.30. The van der Waals surface area contributed by atoms with Gasteiger partial charge < -0.3 is 0 Å². The largest absolute Gasteiger partial charge is 0.416 e. The second kappa shape index (κ2) is 10.3. The molecule has 6 aromatic rings. The number of hydrogen-bond acceptors (Lipinski definition) is 2. The molecule has 0 aliphatic heterocycles. The summed E-state index contributed by atoms with van der Waals surface area (Å²) < 4.78 is 39.4. The average Bonchev–Trinajstić information content (AvgIpc) is 2.99. The first-order chi connectivity index (χ1) is 19.4. The molecule has 2 nitrogen and oxygen atoms in total. The molecule has 0 aliphatic rings. The van der Waals surface area contributed by atoms with Crippen LogP contribution >= 0.6 is 0 Å². The van der Waals surface area contributed by atoms with E-state index in [2.05, 4.69) is 42.5 Å².